The summed E-state index contributed by atoms with van der Waals surface area (Å²) in [6, 6.07) is 6.94. The van der Waals surface area contributed by atoms with Crippen molar-refractivity contribution in [3.8, 4) is 0 Å². The fraction of sp³-hybridized carbons (Fsp3) is 0.375. The van der Waals surface area contributed by atoms with E-state index < -0.39 is 38.4 Å². The van der Waals surface area contributed by atoms with E-state index in [2.05, 4.69) is 14.9 Å². The van der Waals surface area contributed by atoms with E-state index in [-0.39, 0.29) is 29.9 Å². The molecule has 1 aliphatic rings. The van der Waals surface area contributed by atoms with Gasteiger partial charge in [0.1, 0.15) is 5.78 Å². The molecular weight excluding hydrogens is 367 g/mol. The molecule has 1 heterocycles. The number of alkyl halides is 1. The summed E-state index contributed by atoms with van der Waals surface area (Å²) >= 11 is 0. The smallest absolute Gasteiger partial charge is 0.379 e. The van der Waals surface area contributed by atoms with E-state index in [4.69, 9.17) is 4.52 Å². The molecule has 2 unspecified atom stereocenters. The Bertz CT molecular complexity index is 943. The van der Waals surface area contributed by atoms with Crippen molar-refractivity contribution in [1.29, 1.82) is 0 Å². The standard InChI is InChI=1S/C16H15FN2O6S/c1-24-14(21)13-18-15(25-19-13)16(17,10-7-8-11(20)9-10)26(22,23)12-5-3-2-4-6-12/h2-6,10H,7-9H2,1H3. The number of hydrogen-bond donors (Lipinski definition) is 0. The first kappa shape index (κ1) is 18.2. The number of hydrogen-bond acceptors (Lipinski definition) is 8. The van der Waals surface area contributed by atoms with Gasteiger partial charge in [-0.25, -0.2) is 17.6 Å². The highest BCUT2D eigenvalue weighted by molar-refractivity contribution is 7.92. The van der Waals surface area contributed by atoms with Gasteiger partial charge in [-0.1, -0.05) is 18.2 Å². The first-order chi connectivity index (χ1) is 12.3. The second kappa shape index (κ2) is 6.60. The van der Waals surface area contributed by atoms with Crippen LogP contribution < -0.4 is 0 Å². The summed E-state index contributed by atoms with van der Waals surface area (Å²) in [7, 11) is -3.58. The molecule has 0 aliphatic heterocycles. The first-order valence-corrected chi connectivity index (χ1v) is 9.21. The molecule has 1 aromatic heterocycles. The van der Waals surface area contributed by atoms with Crippen LogP contribution in [0.4, 0.5) is 4.39 Å². The number of rotatable bonds is 5. The van der Waals surface area contributed by atoms with Crippen LogP contribution in [-0.2, 0) is 24.4 Å². The van der Waals surface area contributed by atoms with Crippen molar-refractivity contribution in [1.82, 2.24) is 10.1 Å². The van der Waals surface area contributed by atoms with E-state index >= 15 is 4.39 Å². The van der Waals surface area contributed by atoms with Crippen LogP contribution in [0.15, 0.2) is 39.8 Å². The van der Waals surface area contributed by atoms with Gasteiger partial charge in [0.2, 0.25) is 9.84 Å². The number of ketones is 1. The Morgan fingerprint density at radius 3 is 2.62 bits per heavy atom. The number of methoxy groups -OCH3 is 1. The quantitative estimate of drug-likeness (QED) is 0.719. The fourth-order valence-electron chi connectivity index (χ4n) is 2.95. The Morgan fingerprint density at radius 1 is 1.35 bits per heavy atom. The first-order valence-electron chi connectivity index (χ1n) is 7.73. The van der Waals surface area contributed by atoms with Gasteiger partial charge < -0.3 is 9.26 Å². The summed E-state index contributed by atoms with van der Waals surface area (Å²) in [5.41, 5.74) is 0. The molecule has 8 nitrogen and oxygen atoms in total. The molecule has 26 heavy (non-hydrogen) atoms. The summed E-state index contributed by atoms with van der Waals surface area (Å²) < 4.78 is 51.5. The average molecular weight is 382 g/mol. The van der Waals surface area contributed by atoms with Crippen molar-refractivity contribution in [3.63, 3.8) is 0 Å². The second-order valence-electron chi connectivity index (χ2n) is 5.85. The van der Waals surface area contributed by atoms with Crippen molar-refractivity contribution in [2.75, 3.05) is 7.11 Å². The van der Waals surface area contributed by atoms with E-state index in [0.717, 1.165) is 7.11 Å². The van der Waals surface area contributed by atoms with Gasteiger partial charge in [0.25, 0.3) is 16.7 Å². The number of esters is 1. The predicted molar refractivity (Wildman–Crippen MR) is 84.4 cm³/mol. The third-order valence-electron chi connectivity index (χ3n) is 4.30. The van der Waals surface area contributed by atoms with Crippen LogP contribution in [0.25, 0.3) is 0 Å². The van der Waals surface area contributed by atoms with Crippen LogP contribution in [0.1, 0.15) is 35.8 Å². The van der Waals surface area contributed by atoms with Gasteiger partial charge >= 0.3 is 5.97 Å². The van der Waals surface area contributed by atoms with Crippen LogP contribution in [0.3, 0.4) is 0 Å². The molecule has 1 aliphatic carbocycles. The maximum Gasteiger partial charge on any atom is 0.379 e. The normalized spacial score (nSPS) is 19.9. The lowest BCUT2D eigenvalue weighted by molar-refractivity contribution is -0.117. The SMILES string of the molecule is COC(=O)c1noc(C(F)(C2CCC(=O)C2)S(=O)(=O)c2ccccc2)n1. The average Bonchev–Trinajstić information content (AvgIpc) is 3.30. The van der Waals surface area contributed by atoms with Crippen LogP contribution in [0.5, 0.6) is 0 Å². The second-order valence-corrected chi connectivity index (χ2v) is 7.93. The lowest BCUT2D eigenvalue weighted by atomic mass is 10.0. The number of Topliss-reactive ketones (excluding diaryl/α,β-unsaturated/α-hetero) is 1. The summed E-state index contributed by atoms with van der Waals surface area (Å²) in [5.74, 6) is -3.94. The molecule has 10 heteroatoms. The zero-order valence-electron chi connectivity index (χ0n) is 13.7. The van der Waals surface area contributed by atoms with Crippen LogP contribution >= 0.6 is 0 Å². The molecular formula is C16H15FN2O6S. The summed E-state index contributed by atoms with van der Waals surface area (Å²) in [6.45, 7) is 0. The molecule has 1 saturated carbocycles. The molecule has 1 fully saturated rings. The van der Waals surface area contributed by atoms with Gasteiger partial charge in [0, 0.05) is 18.8 Å². The third kappa shape index (κ3) is 2.79. The number of benzene rings is 1. The van der Waals surface area contributed by atoms with Crippen molar-refractivity contribution in [2.24, 2.45) is 5.92 Å². The largest absolute Gasteiger partial charge is 0.463 e. The summed E-state index contributed by atoms with van der Waals surface area (Å²) in [4.78, 5) is 26.5. The highest BCUT2D eigenvalue weighted by Crippen LogP contribution is 2.48. The van der Waals surface area contributed by atoms with E-state index in [0.29, 0.717) is 0 Å². The maximum atomic E-state index is 16.2. The van der Waals surface area contributed by atoms with Crippen molar-refractivity contribution in [3.05, 3.63) is 42.0 Å². The summed E-state index contributed by atoms with van der Waals surface area (Å²) in [6.07, 6.45) is -0.214. The molecule has 3 rings (SSSR count). The zero-order valence-corrected chi connectivity index (χ0v) is 14.5. The molecule has 1 aromatic carbocycles. The number of carbonyl (C=O) groups excluding carboxylic acids is 2. The topological polar surface area (TPSA) is 116 Å². The molecule has 0 spiro atoms. The van der Waals surface area contributed by atoms with Gasteiger partial charge in [-0.15, -0.1) is 0 Å². The lowest BCUT2D eigenvalue weighted by Gasteiger charge is -2.27. The molecule has 0 amide bonds. The van der Waals surface area contributed by atoms with Gasteiger partial charge in [0.15, 0.2) is 0 Å². The highest BCUT2D eigenvalue weighted by atomic mass is 32.2. The number of halogens is 1. The fourth-order valence-corrected chi connectivity index (χ4v) is 4.76. The Labute approximate surface area is 148 Å². The van der Waals surface area contributed by atoms with Crippen molar-refractivity contribution >= 4 is 21.6 Å². The van der Waals surface area contributed by atoms with E-state index in [1.54, 1.807) is 6.07 Å². The van der Waals surface area contributed by atoms with Gasteiger partial charge in [0.05, 0.1) is 12.0 Å². The Kier molecular flexibility index (Phi) is 4.61. The third-order valence-corrected chi connectivity index (χ3v) is 6.48. The Morgan fingerprint density at radius 2 is 2.04 bits per heavy atom. The molecule has 2 aromatic rings. The predicted octanol–water partition coefficient (Wildman–Crippen LogP) is 1.82. The minimum absolute atomic E-state index is 0.0112. The molecule has 138 valence electrons. The molecule has 0 bridgehead atoms. The molecule has 2 atom stereocenters. The number of carbonyl (C=O) groups is 2. The van der Waals surface area contributed by atoms with Gasteiger partial charge in [-0.05, 0) is 23.7 Å². The number of aromatic nitrogens is 2. The minimum atomic E-state index is -4.65. The number of nitrogens with zero attached hydrogens (tertiary/aromatic N) is 2. The minimum Gasteiger partial charge on any atom is -0.463 e. The monoisotopic (exact) mass is 382 g/mol. The van der Waals surface area contributed by atoms with E-state index in [9.17, 15) is 18.0 Å². The molecule has 0 N–H and O–H groups in total. The van der Waals surface area contributed by atoms with Crippen molar-refractivity contribution in [2.45, 2.75) is 29.2 Å². The lowest BCUT2D eigenvalue weighted by Crippen LogP contribution is -2.38. The van der Waals surface area contributed by atoms with E-state index in [1.807, 2.05) is 0 Å². The van der Waals surface area contributed by atoms with Crippen LogP contribution in [-0.4, -0.2) is 37.4 Å². The Hall–Kier alpha value is -2.62. The zero-order chi connectivity index (χ0) is 18.9. The summed E-state index contributed by atoms with van der Waals surface area (Å²) in [5, 5.41) is 0.162. The van der Waals surface area contributed by atoms with Crippen LogP contribution in [0, 0.1) is 5.92 Å². The van der Waals surface area contributed by atoms with Crippen molar-refractivity contribution < 1.29 is 31.7 Å². The Balaban J connectivity index is 2.16. The number of ether oxygens (including phenoxy) is 1. The highest BCUT2D eigenvalue weighted by Gasteiger charge is 2.59. The van der Waals surface area contributed by atoms with Gasteiger partial charge in [-0.3, -0.25) is 4.79 Å². The molecule has 0 saturated heterocycles. The van der Waals surface area contributed by atoms with E-state index in [1.165, 1.54) is 24.3 Å². The maximum absolute atomic E-state index is 16.2. The molecule has 0 radical (unpaired) electrons. The number of sulfone groups is 1. The van der Waals surface area contributed by atoms with Crippen LogP contribution in [0.2, 0.25) is 0 Å². The van der Waals surface area contributed by atoms with Gasteiger partial charge in [-0.2, -0.15) is 4.98 Å².